The molecule has 0 saturated heterocycles. The summed E-state index contributed by atoms with van der Waals surface area (Å²) >= 11 is 0. The number of hydrogen-bond donors (Lipinski definition) is 0. The number of carbonyl (C=O) groups is 1. The van der Waals surface area contributed by atoms with Gasteiger partial charge < -0.3 is 9.90 Å². The van der Waals surface area contributed by atoms with E-state index in [2.05, 4.69) is 0 Å². The van der Waals surface area contributed by atoms with Crippen LogP contribution in [0.1, 0.15) is 29.4 Å². The van der Waals surface area contributed by atoms with Crippen LogP contribution in [0, 0.1) is 21.4 Å². The minimum atomic E-state index is -1.31. The lowest BCUT2D eigenvalue weighted by Crippen LogP contribution is -2.26. The molecule has 0 amide bonds. The number of para-hydroxylation sites is 1. The quantitative estimate of drug-likeness (QED) is 0.600. The van der Waals surface area contributed by atoms with Gasteiger partial charge in [-0.2, -0.15) is 5.26 Å². The van der Waals surface area contributed by atoms with E-state index in [4.69, 9.17) is 0 Å². The Morgan fingerprint density at radius 1 is 1.13 bits per heavy atom. The summed E-state index contributed by atoms with van der Waals surface area (Å²) in [6.45, 7) is 0. The number of rotatable bonds is 6. The van der Waals surface area contributed by atoms with Crippen molar-refractivity contribution in [3.05, 3.63) is 75.8 Å². The van der Waals surface area contributed by atoms with Crippen molar-refractivity contribution in [2.75, 3.05) is 0 Å². The maximum atomic E-state index is 11.2. The Labute approximate surface area is 132 Å². The predicted octanol–water partition coefficient (Wildman–Crippen LogP) is 2.13. The second kappa shape index (κ2) is 7.18. The highest BCUT2D eigenvalue weighted by molar-refractivity contribution is 5.66. The van der Waals surface area contributed by atoms with E-state index in [-0.39, 0.29) is 11.3 Å². The number of aliphatic carboxylic acids is 1. The molecule has 0 aliphatic rings. The van der Waals surface area contributed by atoms with E-state index in [0.29, 0.717) is 5.56 Å². The SMILES string of the molecule is N#CC(c1ccccc1[N+](=O)[O-])C(CC(=O)[O-])c1ccccc1. The molecule has 116 valence electrons. The van der Waals surface area contributed by atoms with Gasteiger partial charge in [0.25, 0.3) is 5.69 Å². The van der Waals surface area contributed by atoms with Crippen LogP contribution in [-0.2, 0) is 4.79 Å². The number of nitrogens with zero attached hydrogens (tertiary/aromatic N) is 2. The molecule has 2 aromatic rings. The van der Waals surface area contributed by atoms with E-state index < -0.39 is 29.1 Å². The van der Waals surface area contributed by atoms with Gasteiger partial charge in [-0.3, -0.25) is 10.1 Å². The zero-order valence-electron chi connectivity index (χ0n) is 12.1. The van der Waals surface area contributed by atoms with Crippen molar-refractivity contribution in [1.29, 1.82) is 5.26 Å². The van der Waals surface area contributed by atoms with Crippen LogP contribution in [0.3, 0.4) is 0 Å². The molecule has 0 N–H and O–H groups in total. The fourth-order valence-electron chi connectivity index (χ4n) is 2.60. The summed E-state index contributed by atoms with van der Waals surface area (Å²) in [5, 5.41) is 31.8. The number of nitro benzene ring substituents is 1. The lowest BCUT2D eigenvalue weighted by molar-refractivity contribution is -0.385. The highest BCUT2D eigenvalue weighted by Gasteiger charge is 2.30. The summed E-state index contributed by atoms with van der Waals surface area (Å²) in [6.07, 6.45) is -0.395. The Morgan fingerprint density at radius 2 is 1.74 bits per heavy atom. The van der Waals surface area contributed by atoms with E-state index in [9.17, 15) is 25.3 Å². The molecule has 0 bridgehead atoms. The number of nitriles is 1. The molecule has 2 rings (SSSR count). The molecule has 2 unspecified atom stereocenters. The summed E-state index contributed by atoms with van der Waals surface area (Å²) in [7, 11) is 0. The molecule has 2 atom stereocenters. The summed E-state index contributed by atoms with van der Waals surface area (Å²) in [5.74, 6) is -3.00. The molecular formula is C17H13N2O4-. The third-order valence-corrected chi connectivity index (χ3v) is 3.62. The Hall–Kier alpha value is -3.20. The van der Waals surface area contributed by atoms with E-state index in [1.165, 1.54) is 18.2 Å². The lowest BCUT2D eigenvalue weighted by Gasteiger charge is -2.23. The molecule has 0 heterocycles. The van der Waals surface area contributed by atoms with Gasteiger partial charge in [0.15, 0.2) is 0 Å². The minimum absolute atomic E-state index is 0.196. The van der Waals surface area contributed by atoms with Gasteiger partial charge >= 0.3 is 0 Å². The second-order valence-electron chi connectivity index (χ2n) is 5.02. The molecule has 23 heavy (non-hydrogen) atoms. The predicted molar refractivity (Wildman–Crippen MR) is 80.3 cm³/mol. The zero-order chi connectivity index (χ0) is 16.8. The van der Waals surface area contributed by atoms with Crippen LogP contribution in [0.4, 0.5) is 5.69 Å². The maximum absolute atomic E-state index is 11.2. The van der Waals surface area contributed by atoms with Gasteiger partial charge in [-0.25, -0.2) is 0 Å². The maximum Gasteiger partial charge on any atom is 0.273 e. The first kappa shape index (κ1) is 16.2. The van der Waals surface area contributed by atoms with Crippen LogP contribution >= 0.6 is 0 Å². The highest BCUT2D eigenvalue weighted by Crippen LogP contribution is 2.38. The first-order valence-electron chi connectivity index (χ1n) is 6.92. The van der Waals surface area contributed by atoms with E-state index in [1.54, 1.807) is 36.4 Å². The number of carboxylic acids is 1. The lowest BCUT2D eigenvalue weighted by atomic mass is 9.79. The van der Waals surface area contributed by atoms with Crippen LogP contribution < -0.4 is 5.11 Å². The molecular weight excluding hydrogens is 296 g/mol. The summed E-state index contributed by atoms with van der Waals surface area (Å²) in [5.41, 5.74) is 0.634. The van der Waals surface area contributed by atoms with Crippen LogP contribution in [-0.4, -0.2) is 10.9 Å². The van der Waals surface area contributed by atoms with Crippen LogP contribution in [0.2, 0.25) is 0 Å². The van der Waals surface area contributed by atoms with E-state index in [1.807, 2.05) is 6.07 Å². The van der Waals surface area contributed by atoms with Crippen molar-refractivity contribution >= 4 is 11.7 Å². The number of carboxylic acid groups (broad SMARTS) is 1. The molecule has 0 fully saturated rings. The van der Waals surface area contributed by atoms with Crippen molar-refractivity contribution in [3.8, 4) is 6.07 Å². The largest absolute Gasteiger partial charge is 0.550 e. The van der Waals surface area contributed by atoms with Gasteiger partial charge in [-0.05, 0) is 12.0 Å². The Bertz CT molecular complexity index is 753. The number of nitro groups is 1. The first-order chi connectivity index (χ1) is 11.0. The third kappa shape index (κ3) is 3.71. The second-order valence-corrected chi connectivity index (χ2v) is 5.02. The summed E-state index contributed by atoms with van der Waals surface area (Å²) in [4.78, 5) is 21.7. The molecule has 0 aliphatic carbocycles. The third-order valence-electron chi connectivity index (χ3n) is 3.62. The average Bonchev–Trinajstić information content (AvgIpc) is 2.55. The highest BCUT2D eigenvalue weighted by atomic mass is 16.6. The average molecular weight is 309 g/mol. The molecule has 0 radical (unpaired) electrons. The molecule has 6 heteroatoms. The minimum Gasteiger partial charge on any atom is -0.550 e. The van der Waals surface area contributed by atoms with Crippen molar-refractivity contribution in [3.63, 3.8) is 0 Å². The van der Waals surface area contributed by atoms with Crippen molar-refractivity contribution < 1.29 is 14.8 Å². The normalized spacial score (nSPS) is 12.8. The van der Waals surface area contributed by atoms with Crippen LogP contribution in [0.5, 0.6) is 0 Å². The van der Waals surface area contributed by atoms with Gasteiger partial charge in [0.1, 0.15) is 0 Å². The topological polar surface area (TPSA) is 107 Å². The standard InChI is InChI=1S/C17H14N2O4/c18-11-15(13-8-4-5-9-16(13)19(22)23)14(10-17(20)21)12-6-2-1-3-7-12/h1-9,14-15H,10H2,(H,20,21)/p-1. The van der Waals surface area contributed by atoms with Crippen molar-refractivity contribution in [2.24, 2.45) is 0 Å². The van der Waals surface area contributed by atoms with E-state index in [0.717, 1.165) is 0 Å². The molecule has 0 spiro atoms. The fraction of sp³-hybridized carbons (Fsp3) is 0.176. The zero-order valence-corrected chi connectivity index (χ0v) is 12.1. The molecule has 0 aliphatic heterocycles. The first-order valence-corrected chi connectivity index (χ1v) is 6.92. The van der Waals surface area contributed by atoms with Crippen LogP contribution in [0.25, 0.3) is 0 Å². The number of carbonyl (C=O) groups excluding carboxylic acids is 1. The van der Waals surface area contributed by atoms with E-state index >= 15 is 0 Å². The van der Waals surface area contributed by atoms with Crippen LogP contribution in [0.15, 0.2) is 54.6 Å². The number of hydrogen-bond acceptors (Lipinski definition) is 5. The van der Waals surface area contributed by atoms with Gasteiger partial charge in [-0.1, -0.05) is 48.5 Å². The summed E-state index contributed by atoms with van der Waals surface area (Å²) in [6, 6.07) is 16.5. The Balaban J connectivity index is 2.54. The molecule has 2 aromatic carbocycles. The van der Waals surface area contributed by atoms with Crippen molar-refractivity contribution in [1.82, 2.24) is 0 Å². The monoisotopic (exact) mass is 309 g/mol. The van der Waals surface area contributed by atoms with Gasteiger partial charge in [0.05, 0.1) is 16.9 Å². The van der Waals surface area contributed by atoms with Gasteiger partial charge in [-0.15, -0.1) is 0 Å². The Morgan fingerprint density at radius 3 is 2.30 bits per heavy atom. The molecule has 6 nitrogen and oxygen atoms in total. The molecule has 0 saturated carbocycles. The summed E-state index contributed by atoms with van der Waals surface area (Å²) < 4.78 is 0. The smallest absolute Gasteiger partial charge is 0.273 e. The number of benzene rings is 2. The Kier molecular flexibility index (Phi) is 5.05. The van der Waals surface area contributed by atoms with Gasteiger partial charge in [0, 0.05) is 23.5 Å². The van der Waals surface area contributed by atoms with Gasteiger partial charge in [0.2, 0.25) is 0 Å². The van der Waals surface area contributed by atoms with Crippen molar-refractivity contribution in [2.45, 2.75) is 18.3 Å². The fourth-order valence-corrected chi connectivity index (χ4v) is 2.60. The molecule has 0 aromatic heterocycles.